The van der Waals surface area contributed by atoms with Crippen LogP contribution in [-0.4, -0.2) is 12.6 Å². The Balaban J connectivity index is 1.68. The molecule has 3 nitrogen and oxygen atoms in total. The molecule has 2 aromatic rings. The van der Waals surface area contributed by atoms with Gasteiger partial charge in [0.15, 0.2) is 0 Å². The highest BCUT2D eigenvalue weighted by molar-refractivity contribution is 9.10. The summed E-state index contributed by atoms with van der Waals surface area (Å²) in [6, 6.07) is 10.6. The van der Waals surface area contributed by atoms with Crippen molar-refractivity contribution in [2.24, 2.45) is 0 Å². The van der Waals surface area contributed by atoms with Gasteiger partial charge in [-0.15, -0.1) is 0 Å². The minimum Gasteiger partial charge on any atom is -0.492 e. The van der Waals surface area contributed by atoms with E-state index in [2.05, 4.69) is 40.3 Å². The van der Waals surface area contributed by atoms with Crippen LogP contribution in [-0.2, 0) is 6.42 Å². The van der Waals surface area contributed by atoms with Crippen molar-refractivity contribution in [3.63, 3.8) is 0 Å². The first-order chi connectivity index (χ1) is 9.24. The number of furan rings is 1. The van der Waals surface area contributed by atoms with Crippen molar-refractivity contribution in [3.8, 4) is 5.75 Å². The van der Waals surface area contributed by atoms with Gasteiger partial charge in [0.1, 0.15) is 18.1 Å². The van der Waals surface area contributed by atoms with Crippen LogP contribution in [0.2, 0.25) is 0 Å². The van der Waals surface area contributed by atoms with Crippen molar-refractivity contribution in [1.29, 1.82) is 0 Å². The molecule has 1 aromatic carbocycles. The topological polar surface area (TPSA) is 34.4 Å². The van der Waals surface area contributed by atoms with Crippen LogP contribution in [0.25, 0.3) is 0 Å². The van der Waals surface area contributed by atoms with Crippen LogP contribution in [0, 0.1) is 0 Å². The van der Waals surface area contributed by atoms with Gasteiger partial charge in [-0.05, 0) is 47.0 Å². The van der Waals surface area contributed by atoms with E-state index in [0.717, 1.165) is 22.4 Å². The Morgan fingerprint density at radius 3 is 2.95 bits per heavy atom. The molecule has 0 fully saturated rings. The summed E-state index contributed by atoms with van der Waals surface area (Å²) in [4.78, 5) is 0. The van der Waals surface area contributed by atoms with Gasteiger partial charge in [0.25, 0.3) is 0 Å². The third kappa shape index (κ3) is 2.69. The van der Waals surface area contributed by atoms with E-state index in [9.17, 15) is 0 Å². The van der Waals surface area contributed by atoms with Crippen molar-refractivity contribution in [2.45, 2.75) is 25.4 Å². The molecule has 0 saturated heterocycles. The Hall–Kier alpha value is -1.26. The molecule has 3 rings (SSSR count). The number of nitrogens with one attached hydrogen (secondary N) is 1. The lowest BCUT2D eigenvalue weighted by Gasteiger charge is -2.28. The van der Waals surface area contributed by atoms with Gasteiger partial charge in [0, 0.05) is 6.04 Å². The van der Waals surface area contributed by atoms with Gasteiger partial charge in [-0.2, -0.15) is 0 Å². The summed E-state index contributed by atoms with van der Waals surface area (Å²) >= 11 is 3.49. The molecule has 2 unspecified atom stereocenters. The first kappa shape index (κ1) is 12.8. The average Bonchev–Trinajstić information content (AvgIpc) is 2.85. The predicted octanol–water partition coefficient (Wildman–Crippen LogP) is 3.70. The van der Waals surface area contributed by atoms with Crippen molar-refractivity contribution in [2.75, 3.05) is 6.61 Å². The van der Waals surface area contributed by atoms with Gasteiger partial charge >= 0.3 is 0 Å². The fraction of sp³-hybridized carbons (Fsp3) is 0.333. The number of para-hydroxylation sites is 1. The molecule has 0 radical (unpaired) electrons. The molecule has 0 saturated carbocycles. The number of ether oxygens (including phenoxy) is 1. The Morgan fingerprint density at radius 2 is 2.16 bits per heavy atom. The fourth-order valence-corrected chi connectivity index (χ4v) is 3.02. The van der Waals surface area contributed by atoms with Gasteiger partial charge in [-0.1, -0.05) is 18.2 Å². The normalized spacial score (nSPS) is 19.6. The van der Waals surface area contributed by atoms with Crippen molar-refractivity contribution >= 4 is 15.9 Å². The van der Waals surface area contributed by atoms with Crippen molar-refractivity contribution in [3.05, 3.63) is 52.4 Å². The third-order valence-corrected chi connectivity index (χ3v) is 4.06. The van der Waals surface area contributed by atoms with Gasteiger partial charge < -0.3 is 14.5 Å². The molecule has 0 aliphatic carbocycles. The van der Waals surface area contributed by atoms with E-state index >= 15 is 0 Å². The number of halogens is 1. The fourth-order valence-electron chi connectivity index (χ4n) is 2.48. The summed E-state index contributed by atoms with van der Waals surface area (Å²) in [6.45, 7) is 2.80. The number of benzene rings is 1. The molecule has 0 spiro atoms. The Morgan fingerprint density at radius 1 is 1.32 bits per heavy atom. The maximum atomic E-state index is 5.78. The lowest BCUT2D eigenvalue weighted by atomic mass is 10.0. The zero-order chi connectivity index (χ0) is 13.2. The van der Waals surface area contributed by atoms with Gasteiger partial charge in [0.05, 0.1) is 16.8 Å². The SMILES string of the molecule is CC(NC1COc2ccccc2C1)c1occc1Br. The molecule has 1 aliphatic rings. The lowest BCUT2D eigenvalue weighted by molar-refractivity contribution is 0.224. The monoisotopic (exact) mass is 321 g/mol. The summed E-state index contributed by atoms with van der Waals surface area (Å²) in [6.07, 6.45) is 2.68. The summed E-state index contributed by atoms with van der Waals surface area (Å²) in [5.41, 5.74) is 1.26. The second-order valence-corrected chi connectivity index (χ2v) is 5.70. The Bertz CT molecular complexity index is 567. The number of hydrogen-bond acceptors (Lipinski definition) is 3. The molecule has 2 heterocycles. The molecule has 4 heteroatoms. The van der Waals surface area contributed by atoms with Crippen LogP contribution in [0.3, 0.4) is 0 Å². The first-order valence-corrected chi connectivity index (χ1v) is 7.23. The van der Waals surface area contributed by atoms with E-state index in [1.807, 2.05) is 18.2 Å². The maximum Gasteiger partial charge on any atom is 0.134 e. The van der Waals surface area contributed by atoms with Crippen LogP contribution in [0.15, 0.2) is 45.5 Å². The summed E-state index contributed by atoms with van der Waals surface area (Å²) in [5.74, 6) is 1.94. The van der Waals surface area contributed by atoms with E-state index < -0.39 is 0 Å². The van der Waals surface area contributed by atoms with E-state index in [0.29, 0.717) is 12.6 Å². The molecule has 0 amide bonds. The van der Waals surface area contributed by atoms with Crippen LogP contribution >= 0.6 is 15.9 Å². The van der Waals surface area contributed by atoms with Crippen molar-refractivity contribution in [1.82, 2.24) is 5.32 Å². The number of fused-ring (bicyclic) bond motifs is 1. The number of hydrogen-bond donors (Lipinski definition) is 1. The predicted molar refractivity (Wildman–Crippen MR) is 77.4 cm³/mol. The lowest BCUT2D eigenvalue weighted by Crippen LogP contribution is -2.40. The quantitative estimate of drug-likeness (QED) is 0.936. The minimum absolute atomic E-state index is 0.156. The Kier molecular flexibility index (Phi) is 3.62. The van der Waals surface area contributed by atoms with Gasteiger partial charge in [0.2, 0.25) is 0 Å². The molecule has 1 N–H and O–H groups in total. The molecule has 19 heavy (non-hydrogen) atoms. The maximum absolute atomic E-state index is 5.78. The van der Waals surface area contributed by atoms with Crippen LogP contribution in [0.5, 0.6) is 5.75 Å². The van der Waals surface area contributed by atoms with Crippen LogP contribution < -0.4 is 10.1 Å². The second kappa shape index (κ2) is 5.39. The molecule has 2 atom stereocenters. The van der Waals surface area contributed by atoms with Gasteiger partial charge in [-0.3, -0.25) is 0 Å². The van der Waals surface area contributed by atoms with Crippen molar-refractivity contribution < 1.29 is 9.15 Å². The molecule has 1 aliphatic heterocycles. The first-order valence-electron chi connectivity index (χ1n) is 6.43. The smallest absolute Gasteiger partial charge is 0.134 e. The molecule has 1 aromatic heterocycles. The zero-order valence-corrected chi connectivity index (χ0v) is 12.3. The van der Waals surface area contributed by atoms with Crippen LogP contribution in [0.4, 0.5) is 0 Å². The Labute approximate surface area is 121 Å². The summed E-state index contributed by atoms with van der Waals surface area (Å²) in [5, 5.41) is 3.55. The molecular weight excluding hydrogens is 306 g/mol. The highest BCUT2D eigenvalue weighted by atomic mass is 79.9. The zero-order valence-electron chi connectivity index (χ0n) is 10.7. The van der Waals surface area contributed by atoms with Gasteiger partial charge in [-0.25, -0.2) is 0 Å². The highest BCUT2D eigenvalue weighted by Gasteiger charge is 2.23. The minimum atomic E-state index is 0.156. The largest absolute Gasteiger partial charge is 0.492 e. The standard InChI is InChI=1S/C15H16BrNO2/c1-10(15-13(16)6-7-18-15)17-12-8-11-4-2-3-5-14(11)19-9-12/h2-7,10,12,17H,8-9H2,1H3. The van der Waals surface area contributed by atoms with E-state index in [-0.39, 0.29) is 6.04 Å². The van der Waals surface area contributed by atoms with E-state index in [1.54, 1.807) is 6.26 Å². The molecule has 0 bridgehead atoms. The molecular formula is C15H16BrNO2. The highest BCUT2D eigenvalue weighted by Crippen LogP contribution is 2.27. The second-order valence-electron chi connectivity index (χ2n) is 4.84. The number of rotatable bonds is 3. The van der Waals surface area contributed by atoms with E-state index in [1.165, 1.54) is 5.56 Å². The van der Waals surface area contributed by atoms with E-state index in [4.69, 9.17) is 9.15 Å². The summed E-state index contributed by atoms with van der Waals surface area (Å²) < 4.78 is 12.3. The molecule has 100 valence electrons. The van der Waals surface area contributed by atoms with Crippen LogP contribution in [0.1, 0.15) is 24.3 Å². The third-order valence-electron chi connectivity index (χ3n) is 3.40. The average molecular weight is 322 g/mol. The summed E-state index contributed by atoms with van der Waals surface area (Å²) in [7, 11) is 0.